The zero-order valence-electron chi connectivity index (χ0n) is 7.05. The monoisotopic (exact) mass is 285 g/mol. The maximum atomic E-state index is 9.07. The van der Waals surface area contributed by atoms with E-state index in [1.165, 1.54) is 0 Å². The minimum Gasteiger partial charge on any atom is -0.192 e. The van der Waals surface area contributed by atoms with Crippen LogP contribution in [0.15, 0.2) is 22.0 Å². The lowest BCUT2D eigenvalue weighted by atomic mass is 10.1. The second kappa shape index (κ2) is 3.90. The van der Waals surface area contributed by atoms with Crippen LogP contribution in [0, 0.1) is 11.3 Å². The van der Waals surface area contributed by atoms with Gasteiger partial charge >= 0.3 is 0 Å². The smallest absolute Gasteiger partial charge is 0.100 e. The summed E-state index contributed by atoms with van der Waals surface area (Å²) in [6, 6.07) is 6.18. The van der Waals surface area contributed by atoms with Gasteiger partial charge in [0.15, 0.2) is 0 Å². The summed E-state index contributed by atoms with van der Waals surface area (Å²) in [5.74, 6) is 0.356. The number of rotatable bonds is 1. The van der Waals surface area contributed by atoms with Crippen LogP contribution in [0.2, 0.25) is 0 Å². The first kappa shape index (κ1) is 9.97. The Morgan fingerprint density at radius 3 is 3.00 bits per heavy atom. The van der Waals surface area contributed by atoms with E-state index >= 15 is 0 Å². The third-order valence-electron chi connectivity index (χ3n) is 2.06. The number of benzene rings is 1. The zero-order valence-corrected chi connectivity index (χ0v) is 10.2. The predicted molar refractivity (Wildman–Crippen MR) is 63.8 cm³/mol. The molecule has 0 aliphatic heterocycles. The molecule has 14 heavy (non-hydrogen) atoms. The quantitative estimate of drug-likeness (QED) is 0.718. The fourth-order valence-corrected chi connectivity index (χ4v) is 3.37. The second-order valence-corrected chi connectivity index (χ2v) is 4.86. The van der Waals surface area contributed by atoms with Crippen molar-refractivity contribution < 1.29 is 0 Å². The first-order chi connectivity index (χ1) is 6.77. The van der Waals surface area contributed by atoms with Gasteiger partial charge < -0.3 is 0 Å². The fraction of sp³-hybridized carbons (Fsp3) is 0.100. The van der Waals surface area contributed by atoms with Crippen LogP contribution in [-0.4, -0.2) is 0 Å². The number of fused-ring (bicyclic) bond motifs is 1. The Labute approximate surface area is 99.0 Å². The standard InChI is InChI=1S/C10H5BrClNS/c11-9-3-10-6(1-2-14-10)8(5-13)7(9)4-12/h1-3H,4H2. The maximum Gasteiger partial charge on any atom is 0.100 e. The molecular formula is C10H5BrClNS. The number of halogens is 2. The molecule has 2 rings (SSSR count). The summed E-state index contributed by atoms with van der Waals surface area (Å²) in [4.78, 5) is 0. The highest BCUT2D eigenvalue weighted by Crippen LogP contribution is 2.33. The van der Waals surface area contributed by atoms with E-state index < -0.39 is 0 Å². The van der Waals surface area contributed by atoms with E-state index in [9.17, 15) is 0 Å². The van der Waals surface area contributed by atoms with Crippen LogP contribution in [0.1, 0.15) is 11.1 Å². The normalized spacial score (nSPS) is 10.4. The molecule has 0 bridgehead atoms. The van der Waals surface area contributed by atoms with Crippen molar-refractivity contribution in [3.05, 3.63) is 33.1 Å². The lowest BCUT2D eigenvalue weighted by molar-refractivity contribution is 1.35. The van der Waals surface area contributed by atoms with Crippen molar-refractivity contribution in [3.8, 4) is 6.07 Å². The van der Waals surface area contributed by atoms with Gasteiger partial charge in [-0.05, 0) is 23.1 Å². The van der Waals surface area contributed by atoms with E-state index in [-0.39, 0.29) is 0 Å². The van der Waals surface area contributed by atoms with Crippen LogP contribution in [0.25, 0.3) is 10.1 Å². The topological polar surface area (TPSA) is 23.8 Å². The van der Waals surface area contributed by atoms with Crippen LogP contribution in [0.4, 0.5) is 0 Å². The highest BCUT2D eigenvalue weighted by molar-refractivity contribution is 9.10. The largest absolute Gasteiger partial charge is 0.192 e. The van der Waals surface area contributed by atoms with Gasteiger partial charge in [0.05, 0.1) is 5.56 Å². The number of nitriles is 1. The summed E-state index contributed by atoms with van der Waals surface area (Å²) >= 11 is 10.9. The number of thiophene rings is 1. The molecular weight excluding hydrogens is 282 g/mol. The predicted octanol–water partition coefficient (Wildman–Crippen LogP) is 4.27. The molecule has 1 nitrogen and oxygen atoms in total. The minimum atomic E-state index is 0.356. The molecule has 0 aliphatic carbocycles. The molecule has 0 spiro atoms. The summed E-state index contributed by atoms with van der Waals surface area (Å²) < 4.78 is 2.03. The first-order valence-corrected chi connectivity index (χ1v) is 6.13. The van der Waals surface area contributed by atoms with Crippen molar-refractivity contribution in [2.75, 3.05) is 0 Å². The van der Waals surface area contributed by atoms with Crippen molar-refractivity contribution in [1.29, 1.82) is 5.26 Å². The van der Waals surface area contributed by atoms with Gasteiger partial charge in [-0.25, -0.2) is 0 Å². The van der Waals surface area contributed by atoms with E-state index in [2.05, 4.69) is 22.0 Å². The van der Waals surface area contributed by atoms with Gasteiger partial charge in [0.25, 0.3) is 0 Å². The van der Waals surface area contributed by atoms with Gasteiger partial charge in [0, 0.05) is 20.4 Å². The minimum absolute atomic E-state index is 0.356. The molecule has 70 valence electrons. The fourth-order valence-electron chi connectivity index (χ4n) is 1.38. The van der Waals surface area contributed by atoms with Crippen LogP contribution >= 0.6 is 38.9 Å². The van der Waals surface area contributed by atoms with Gasteiger partial charge in [-0.3, -0.25) is 0 Å². The van der Waals surface area contributed by atoms with Crippen molar-refractivity contribution in [2.24, 2.45) is 0 Å². The van der Waals surface area contributed by atoms with E-state index in [1.54, 1.807) is 11.3 Å². The van der Waals surface area contributed by atoms with Gasteiger partial charge in [-0.2, -0.15) is 5.26 Å². The molecule has 0 N–H and O–H groups in total. The Morgan fingerprint density at radius 2 is 2.36 bits per heavy atom. The molecule has 1 aromatic heterocycles. The van der Waals surface area contributed by atoms with E-state index in [0.29, 0.717) is 11.4 Å². The summed E-state index contributed by atoms with van der Waals surface area (Å²) in [7, 11) is 0. The molecule has 0 fully saturated rings. The molecule has 0 saturated carbocycles. The van der Waals surface area contributed by atoms with Crippen LogP contribution in [0.3, 0.4) is 0 Å². The summed E-state index contributed by atoms with van der Waals surface area (Å²) in [5, 5.41) is 12.0. The maximum absolute atomic E-state index is 9.07. The Morgan fingerprint density at radius 1 is 1.57 bits per heavy atom. The molecule has 1 aromatic carbocycles. The highest BCUT2D eigenvalue weighted by atomic mass is 79.9. The average Bonchev–Trinajstić information content (AvgIpc) is 2.62. The molecule has 4 heteroatoms. The van der Waals surface area contributed by atoms with E-state index in [4.69, 9.17) is 16.9 Å². The van der Waals surface area contributed by atoms with Crippen LogP contribution in [0.5, 0.6) is 0 Å². The second-order valence-electron chi connectivity index (χ2n) is 2.79. The SMILES string of the molecule is N#Cc1c(CCl)c(Br)cc2sccc12. The van der Waals surface area contributed by atoms with Gasteiger partial charge in [0.2, 0.25) is 0 Å². The first-order valence-electron chi connectivity index (χ1n) is 3.92. The molecule has 0 amide bonds. The zero-order chi connectivity index (χ0) is 10.1. The molecule has 0 unspecified atom stereocenters. The lowest BCUT2D eigenvalue weighted by Crippen LogP contribution is -1.88. The number of hydrogen-bond acceptors (Lipinski definition) is 2. The third kappa shape index (κ3) is 1.44. The Hall–Kier alpha value is -0.560. The van der Waals surface area contributed by atoms with E-state index in [1.807, 2.05) is 17.5 Å². The summed E-state index contributed by atoms with van der Waals surface area (Å²) in [6.45, 7) is 0. The molecule has 0 atom stereocenters. The van der Waals surface area contributed by atoms with Crippen LogP contribution < -0.4 is 0 Å². The van der Waals surface area contributed by atoms with Crippen molar-refractivity contribution >= 4 is 49.0 Å². The van der Waals surface area contributed by atoms with E-state index in [0.717, 1.165) is 20.1 Å². The Balaban J connectivity index is 2.91. The molecule has 1 heterocycles. The molecule has 2 aromatic rings. The van der Waals surface area contributed by atoms with Crippen molar-refractivity contribution in [2.45, 2.75) is 5.88 Å². The Bertz CT molecular complexity index is 527. The number of alkyl halides is 1. The number of nitrogens with zero attached hydrogens (tertiary/aromatic N) is 1. The Kier molecular flexibility index (Phi) is 2.78. The van der Waals surface area contributed by atoms with Gasteiger partial charge in [0.1, 0.15) is 6.07 Å². The average molecular weight is 287 g/mol. The lowest BCUT2D eigenvalue weighted by Gasteiger charge is -2.04. The van der Waals surface area contributed by atoms with Gasteiger partial charge in [-0.15, -0.1) is 22.9 Å². The van der Waals surface area contributed by atoms with Crippen molar-refractivity contribution in [1.82, 2.24) is 0 Å². The molecule has 0 saturated heterocycles. The van der Waals surface area contributed by atoms with Crippen molar-refractivity contribution in [3.63, 3.8) is 0 Å². The highest BCUT2D eigenvalue weighted by Gasteiger charge is 2.11. The third-order valence-corrected chi connectivity index (χ3v) is 3.90. The van der Waals surface area contributed by atoms with Crippen LogP contribution in [-0.2, 0) is 5.88 Å². The summed E-state index contributed by atoms with van der Waals surface area (Å²) in [5.41, 5.74) is 1.56. The molecule has 0 radical (unpaired) electrons. The van der Waals surface area contributed by atoms with Gasteiger partial charge in [-0.1, -0.05) is 15.9 Å². The molecule has 0 aliphatic rings. The number of hydrogen-bond donors (Lipinski definition) is 0. The summed E-state index contributed by atoms with van der Waals surface area (Å²) in [6.07, 6.45) is 0.